The Hall–Kier alpha value is -2.17. The van der Waals surface area contributed by atoms with E-state index in [-0.39, 0.29) is 0 Å². The molecular weight excluding hydrogens is 318 g/mol. The molecule has 0 unspecified atom stereocenters. The highest BCUT2D eigenvalue weighted by Crippen LogP contribution is 2.29. The number of halogens is 1. The number of hydrogen-bond donors (Lipinski definition) is 1. The smallest absolute Gasteiger partial charge is 0.335 e. The third-order valence-electron chi connectivity index (χ3n) is 3.26. The minimum atomic E-state index is -0.915. The molecule has 0 saturated heterocycles. The van der Waals surface area contributed by atoms with E-state index in [1.165, 1.54) is 0 Å². The maximum absolute atomic E-state index is 10.8. The summed E-state index contributed by atoms with van der Waals surface area (Å²) < 4.78 is 0. The van der Waals surface area contributed by atoms with Gasteiger partial charge >= 0.3 is 5.97 Å². The Kier molecular flexibility index (Phi) is 4.22. The van der Waals surface area contributed by atoms with E-state index in [1.54, 1.807) is 23.5 Å². The van der Waals surface area contributed by atoms with E-state index in [9.17, 15) is 4.79 Å². The molecule has 110 valence electrons. The molecule has 0 bridgehead atoms. The lowest BCUT2D eigenvalue weighted by molar-refractivity contribution is 0.0697. The first-order valence-corrected chi connectivity index (χ1v) is 7.91. The van der Waals surface area contributed by atoms with Gasteiger partial charge in [-0.3, -0.25) is 0 Å². The standard InChI is InChI=1S/C17H12ClNO2S/c18-14-4-2-1-3-13(14)15-10-22-16(19-15)9-11-5-7-12(8-6-11)17(20)21/h1-8,10H,9H2,(H,20,21). The van der Waals surface area contributed by atoms with Crippen LogP contribution in [0, 0.1) is 0 Å². The van der Waals surface area contributed by atoms with E-state index in [4.69, 9.17) is 16.7 Å². The summed E-state index contributed by atoms with van der Waals surface area (Å²) >= 11 is 7.76. The van der Waals surface area contributed by atoms with Gasteiger partial charge in [-0.25, -0.2) is 9.78 Å². The van der Waals surface area contributed by atoms with E-state index >= 15 is 0 Å². The first-order chi connectivity index (χ1) is 10.6. The monoisotopic (exact) mass is 329 g/mol. The van der Waals surface area contributed by atoms with Crippen LogP contribution in [0.3, 0.4) is 0 Å². The number of aromatic nitrogens is 1. The zero-order valence-electron chi connectivity index (χ0n) is 11.5. The summed E-state index contributed by atoms with van der Waals surface area (Å²) in [6, 6.07) is 14.5. The summed E-state index contributed by atoms with van der Waals surface area (Å²) in [4.78, 5) is 15.5. The van der Waals surface area contributed by atoms with E-state index in [0.717, 1.165) is 21.8 Å². The Morgan fingerprint density at radius 1 is 1.14 bits per heavy atom. The van der Waals surface area contributed by atoms with Gasteiger partial charge in [-0.05, 0) is 23.8 Å². The molecule has 0 radical (unpaired) electrons. The number of carbonyl (C=O) groups is 1. The molecule has 0 fully saturated rings. The van der Waals surface area contributed by atoms with Gasteiger partial charge in [-0.2, -0.15) is 0 Å². The van der Waals surface area contributed by atoms with Crippen LogP contribution in [0.15, 0.2) is 53.9 Å². The van der Waals surface area contributed by atoms with Gasteiger partial charge in [0.25, 0.3) is 0 Å². The Balaban J connectivity index is 1.80. The number of thiazole rings is 1. The first-order valence-electron chi connectivity index (χ1n) is 6.65. The summed E-state index contributed by atoms with van der Waals surface area (Å²) in [5, 5.41) is 12.5. The SMILES string of the molecule is O=C(O)c1ccc(Cc2nc(-c3ccccc3Cl)cs2)cc1. The molecule has 0 amide bonds. The van der Waals surface area contributed by atoms with Gasteiger partial charge in [0, 0.05) is 22.4 Å². The van der Waals surface area contributed by atoms with Gasteiger partial charge in [0.15, 0.2) is 0 Å². The predicted molar refractivity (Wildman–Crippen MR) is 88.8 cm³/mol. The zero-order chi connectivity index (χ0) is 15.5. The van der Waals surface area contributed by atoms with Crippen LogP contribution in [-0.4, -0.2) is 16.1 Å². The number of carboxylic acids is 1. The van der Waals surface area contributed by atoms with E-state index in [0.29, 0.717) is 17.0 Å². The molecule has 0 atom stereocenters. The molecule has 3 rings (SSSR count). The summed E-state index contributed by atoms with van der Waals surface area (Å²) in [6.45, 7) is 0. The molecule has 5 heteroatoms. The summed E-state index contributed by atoms with van der Waals surface area (Å²) in [5.41, 5.74) is 3.12. The molecule has 0 spiro atoms. The Labute approximate surface area is 136 Å². The zero-order valence-corrected chi connectivity index (χ0v) is 13.1. The van der Waals surface area contributed by atoms with Crippen molar-refractivity contribution in [2.24, 2.45) is 0 Å². The molecular formula is C17H12ClNO2S. The van der Waals surface area contributed by atoms with Crippen molar-refractivity contribution in [3.8, 4) is 11.3 Å². The van der Waals surface area contributed by atoms with Crippen molar-refractivity contribution in [2.45, 2.75) is 6.42 Å². The van der Waals surface area contributed by atoms with Crippen molar-refractivity contribution >= 4 is 28.9 Å². The summed E-state index contributed by atoms with van der Waals surface area (Å²) in [7, 11) is 0. The normalized spacial score (nSPS) is 10.6. The number of carboxylic acid groups (broad SMARTS) is 1. The fraction of sp³-hybridized carbons (Fsp3) is 0.0588. The molecule has 2 aromatic carbocycles. The molecule has 22 heavy (non-hydrogen) atoms. The fourth-order valence-corrected chi connectivity index (χ4v) is 3.19. The van der Waals surface area contributed by atoms with Crippen LogP contribution in [0.4, 0.5) is 0 Å². The van der Waals surface area contributed by atoms with Crippen LogP contribution in [0.25, 0.3) is 11.3 Å². The van der Waals surface area contributed by atoms with Gasteiger partial charge in [0.05, 0.1) is 16.3 Å². The van der Waals surface area contributed by atoms with Gasteiger partial charge in [-0.1, -0.05) is 41.9 Å². The first kappa shape index (κ1) is 14.8. The van der Waals surface area contributed by atoms with E-state index in [2.05, 4.69) is 4.98 Å². The van der Waals surface area contributed by atoms with Crippen molar-refractivity contribution in [3.63, 3.8) is 0 Å². The minimum absolute atomic E-state index is 0.291. The number of aromatic carboxylic acids is 1. The summed E-state index contributed by atoms with van der Waals surface area (Å²) in [6.07, 6.45) is 0.676. The second-order valence-electron chi connectivity index (χ2n) is 4.79. The van der Waals surface area contributed by atoms with Crippen molar-refractivity contribution in [1.82, 2.24) is 4.98 Å². The number of hydrogen-bond acceptors (Lipinski definition) is 3. The van der Waals surface area contributed by atoms with Gasteiger partial charge in [0.2, 0.25) is 0 Å². The van der Waals surface area contributed by atoms with Gasteiger partial charge in [0.1, 0.15) is 0 Å². The van der Waals surface area contributed by atoms with E-state index in [1.807, 2.05) is 41.8 Å². The average molecular weight is 330 g/mol. The molecule has 1 aromatic heterocycles. The molecule has 0 aliphatic carbocycles. The third kappa shape index (κ3) is 3.18. The van der Waals surface area contributed by atoms with Crippen LogP contribution in [0.2, 0.25) is 5.02 Å². The molecule has 3 nitrogen and oxygen atoms in total. The second kappa shape index (κ2) is 6.30. The maximum Gasteiger partial charge on any atom is 0.335 e. The molecule has 0 aliphatic rings. The van der Waals surface area contributed by atoms with Crippen molar-refractivity contribution < 1.29 is 9.90 Å². The Bertz CT molecular complexity index is 812. The maximum atomic E-state index is 10.8. The quantitative estimate of drug-likeness (QED) is 0.751. The molecule has 1 N–H and O–H groups in total. The van der Waals surface area contributed by atoms with Gasteiger partial charge in [-0.15, -0.1) is 11.3 Å². The van der Waals surface area contributed by atoms with Crippen LogP contribution in [0.1, 0.15) is 20.9 Å². The lowest BCUT2D eigenvalue weighted by atomic mass is 10.1. The van der Waals surface area contributed by atoms with Crippen LogP contribution < -0.4 is 0 Å². The largest absolute Gasteiger partial charge is 0.478 e. The molecule has 0 saturated carbocycles. The number of rotatable bonds is 4. The highest BCUT2D eigenvalue weighted by Gasteiger charge is 2.09. The fourth-order valence-electron chi connectivity index (χ4n) is 2.12. The number of nitrogens with zero attached hydrogens (tertiary/aromatic N) is 1. The minimum Gasteiger partial charge on any atom is -0.478 e. The molecule has 0 aliphatic heterocycles. The average Bonchev–Trinajstić information content (AvgIpc) is 2.96. The molecule has 1 heterocycles. The van der Waals surface area contributed by atoms with Crippen molar-refractivity contribution in [2.75, 3.05) is 0 Å². The van der Waals surface area contributed by atoms with Crippen molar-refractivity contribution in [1.29, 1.82) is 0 Å². The van der Waals surface area contributed by atoms with E-state index < -0.39 is 5.97 Å². The summed E-state index contributed by atoms with van der Waals surface area (Å²) in [5.74, 6) is -0.915. The second-order valence-corrected chi connectivity index (χ2v) is 6.14. The predicted octanol–water partition coefficient (Wildman–Crippen LogP) is 4.75. The Morgan fingerprint density at radius 2 is 1.86 bits per heavy atom. The lowest BCUT2D eigenvalue weighted by Gasteiger charge is -2.00. The highest BCUT2D eigenvalue weighted by atomic mass is 35.5. The Morgan fingerprint density at radius 3 is 2.55 bits per heavy atom. The third-order valence-corrected chi connectivity index (χ3v) is 4.44. The van der Waals surface area contributed by atoms with Crippen LogP contribution >= 0.6 is 22.9 Å². The lowest BCUT2D eigenvalue weighted by Crippen LogP contribution is -1.96. The topological polar surface area (TPSA) is 50.2 Å². The van der Waals surface area contributed by atoms with Gasteiger partial charge < -0.3 is 5.11 Å². The molecule has 3 aromatic rings. The van der Waals surface area contributed by atoms with Crippen molar-refractivity contribution in [3.05, 3.63) is 75.1 Å². The van der Waals surface area contributed by atoms with Crippen LogP contribution in [0.5, 0.6) is 0 Å². The van der Waals surface area contributed by atoms with Crippen LogP contribution in [-0.2, 0) is 6.42 Å². The highest BCUT2D eigenvalue weighted by molar-refractivity contribution is 7.10. The number of benzene rings is 2.